The summed E-state index contributed by atoms with van der Waals surface area (Å²) in [5.41, 5.74) is 2.55. The molecule has 1 aromatic heterocycles. The molecule has 3 aliphatic rings. The maximum atomic E-state index is 14.7. The number of sulfonamides is 1. The number of thioether (sulfide) groups is 1. The first kappa shape index (κ1) is 42.0. The number of benzene rings is 1. The first-order valence-corrected chi connectivity index (χ1v) is 20.7. The molecule has 1 aromatic carbocycles. The van der Waals surface area contributed by atoms with Gasteiger partial charge in [0.1, 0.15) is 22.9 Å². The zero-order valence-electron chi connectivity index (χ0n) is 30.6. The van der Waals surface area contributed by atoms with Crippen LogP contribution in [0, 0.1) is 5.92 Å². The van der Waals surface area contributed by atoms with Crippen LogP contribution in [0.2, 0.25) is 0 Å². The van der Waals surface area contributed by atoms with E-state index in [9.17, 15) is 46.3 Å². The van der Waals surface area contributed by atoms with Gasteiger partial charge in [-0.25, -0.2) is 31.6 Å². The number of hydrogen-bond donors (Lipinski definition) is 4. The lowest BCUT2D eigenvalue weighted by Crippen LogP contribution is -2.63. The van der Waals surface area contributed by atoms with Crippen LogP contribution in [-0.4, -0.2) is 111 Å². The number of likely N-dealkylation sites (tertiary alicyclic amines) is 1. The third-order valence-electron chi connectivity index (χ3n) is 10.3. The minimum Gasteiger partial charge on any atom is -0.384 e. The number of aliphatic imine (C=N–C) groups is 1. The highest BCUT2D eigenvalue weighted by Gasteiger charge is 2.49. The van der Waals surface area contributed by atoms with E-state index in [0.717, 1.165) is 56.4 Å². The van der Waals surface area contributed by atoms with Crippen molar-refractivity contribution in [1.29, 1.82) is 0 Å². The number of aromatic nitrogens is 3. The summed E-state index contributed by atoms with van der Waals surface area (Å²) in [7, 11) is -4.29. The number of aliphatic hydroxyl groups is 1. The Bertz CT molecular complexity index is 1900. The number of nitrogens with two attached hydrogens (primary N) is 1. The molecule has 300 valence electrons. The molecule has 0 bridgehead atoms. The summed E-state index contributed by atoms with van der Waals surface area (Å²) in [4.78, 5) is 73.1. The molecular formula is C35H46F2N8O8S2. The van der Waals surface area contributed by atoms with Gasteiger partial charge in [0.25, 0.3) is 24.1 Å². The van der Waals surface area contributed by atoms with E-state index in [2.05, 4.69) is 20.6 Å². The van der Waals surface area contributed by atoms with Crippen molar-refractivity contribution in [3.8, 4) is 0 Å². The van der Waals surface area contributed by atoms with Crippen LogP contribution in [0.3, 0.4) is 0 Å². The van der Waals surface area contributed by atoms with Crippen LogP contribution >= 0.6 is 11.8 Å². The Kier molecular flexibility index (Phi) is 13.2. The number of halogens is 2. The number of alkyl halides is 2. The summed E-state index contributed by atoms with van der Waals surface area (Å²) in [5, 5.41) is 21.7. The molecule has 55 heavy (non-hydrogen) atoms. The SMILES string of the molecule is CC(C)(O)c1cnnn1[C@H]1C[C@@H](C(=O)NC2(C(=O)C(N)=O)CCSCC2)N(C(=O)C(CC2CCCCC2)=NC(=O)c2ccc(S(=O)(=O)NCC(F)F)cc2)C1. The number of hydrogen-bond acceptors (Lipinski definition) is 11. The Morgan fingerprint density at radius 3 is 2.35 bits per heavy atom. The van der Waals surface area contributed by atoms with Crippen molar-refractivity contribution in [3.63, 3.8) is 0 Å². The van der Waals surface area contributed by atoms with Crippen LogP contribution in [0.4, 0.5) is 8.78 Å². The topological polar surface area (TPSA) is 236 Å². The van der Waals surface area contributed by atoms with Crippen molar-refractivity contribution in [3.05, 3.63) is 41.7 Å². The first-order chi connectivity index (χ1) is 25.9. The van der Waals surface area contributed by atoms with Crippen LogP contribution in [-0.2, 0) is 34.8 Å². The third kappa shape index (κ3) is 10.0. The number of nitrogens with one attached hydrogen (secondary N) is 2. The fourth-order valence-electron chi connectivity index (χ4n) is 7.33. The number of carbonyl (C=O) groups excluding carboxylic acids is 5. The molecule has 3 fully saturated rings. The molecule has 2 atom stereocenters. The summed E-state index contributed by atoms with van der Waals surface area (Å²) < 4.78 is 53.4. The molecule has 0 unspecified atom stereocenters. The molecule has 1 saturated carbocycles. The van der Waals surface area contributed by atoms with Crippen molar-refractivity contribution < 1.29 is 46.3 Å². The van der Waals surface area contributed by atoms with Crippen LogP contribution in [0.25, 0.3) is 0 Å². The van der Waals surface area contributed by atoms with Crippen molar-refractivity contribution in [1.82, 2.24) is 29.9 Å². The molecular weight excluding hydrogens is 763 g/mol. The van der Waals surface area contributed by atoms with Crippen molar-refractivity contribution in [2.24, 2.45) is 16.6 Å². The summed E-state index contributed by atoms with van der Waals surface area (Å²) in [6.07, 6.45) is 3.20. The second kappa shape index (κ2) is 17.3. The Morgan fingerprint density at radius 2 is 1.75 bits per heavy atom. The number of amides is 4. The summed E-state index contributed by atoms with van der Waals surface area (Å²) >= 11 is 1.55. The Labute approximate surface area is 321 Å². The maximum Gasteiger partial charge on any atom is 0.287 e. The quantitative estimate of drug-likeness (QED) is 0.159. The zero-order valence-corrected chi connectivity index (χ0v) is 32.2. The second-order valence-corrected chi connectivity index (χ2v) is 17.7. The summed E-state index contributed by atoms with van der Waals surface area (Å²) in [5.74, 6) is -3.51. The van der Waals surface area contributed by atoms with Gasteiger partial charge in [0.15, 0.2) is 0 Å². The monoisotopic (exact) mass is 808 g/mol. The fourth-order valence-corrected chi connectivity index (χ4v) is 9.53. The van der Waals surface area contributed by atoms with Gasteiger partial charge in [0.05, 0.1) is 29.4 Å². The van der Waals surface area contributed by atoms with Crippen LogP contribution in [0.5, 0.6) is 0 Å². The molecule has 20 heteroatoms. The van der Waals surface area contributed by atoms with E-state index >= 15 is 0 Å². The molecule has 5 rings (SSSR count). The van der Waals surface area contributed by atoms with Gasteiger partial charge in [-0.15, -0.1) is 5.10 Å². The number of ketones is 1. The highest BCUT2D eigenvalue weighted by molar-refractivity contribution is 7.99. The lowest BCUT2D eigenvalue weighted by Gasteiger charge is -2.37. The van der Waals surface area contributed by atoms with E-state index in [1.165, 1.54) is 29.6 Å². The minimum atomic E-state index is -4.29. The van der Waals surface area contributed by atoms with Crippen LogP contribution < -0.4 is 15.8 Å². The average molecular weight is 809 g/mol. The molecule has 0 radical (unpaired) electrons. The van der Waals surface area contributed by atoms with E-state index in [1.54, 1.807) is 16.5 Å². The van der Waals surface area contributed by atoms with E-state index in [-0.39, 0.29) is 54.3 Å². The van der Waals surface area contributed by atoms with E-state index < -0.39 is 75.6 Å². The van der Waals surface area contributed by atoms with Gasteiger partial charge in [0, 0.05) is 18.5 Å². The fraction of sp³-hybridized carbons (Fsp3) is 0.600. The number of rotatable bonds is 14. The van der Waals surface area contributed by atoms with Gasteiger partial charge < -0.3 is 21.1 Å². The van der Waals surface area contributed by atoms with E-state index in [1.807, 2.05) is 0 Å². The minimum absolute atomic E-state index is 0.00310. The van der Waals surface area contributed by atoms with Crippen LogP contribution in [0.15, 0.2) is 40.4 Å². The lowest BCUT2D eigenvalue weighted by atomic mass is 9.85. The predicted molar refractivity (Wildman–Crippen MR) is 197 cm³/mol. The molecule has 4 amide bonds. The Balaban J connectivity index is 1.50. The number of Topliss-reactive ketones (excluding diaryl/α,β-unsaturated/α-hetero) is 1. The molecule has 0 spiro atoms. The normalized spacial score (nSPS) is 21.1. The Morgan fingerprint density at radius 1 is 1.09 bits per heavy atom. The zero-order chi connectivity index (χ0) is 40.1. The van der Waals surface area contributed by atoms with Crippen molar-refractivity contribution in [2.75, 3.05) is 24.6 Å². The number of primary amides is 1. The third-order valence-corrected chi connectivity index (χ3v) is 12.7. The van der Waals surface area contributed by atoms with Crippen molar-refractivity contribution in [2.45, 2.75) is 106 Å². The molecule has 5 N–H and O–H groups in total. The highest BCUT2D eigenvalue weighted by Crippen LogP contribution is 2.35. The molecule has 16 nitrogen and oxygen atoms in total. The summed E-state index contributed by atoms with van der Waals surface area (Å²) in [6.45, 7) is 1.86. The molecule has 3 heterocycles. The molecule has 2 saturated heterocycles. The molecule has 1 aliphatic carbocycles. The van der Waals surface area contributed by atoms with Gasteiger partial charge in [0.2, 0.25) is 21.7 Å². The van der Waals surface area contributed by atoms with E-state index in [0.29, 0.717) is 17.2 Å². The molecule has 2 aliphatic heterocycles. The van der Waals surface area contributed by atoms with Gasteiger partial charge >= 0.3 is 0 Å². The maximum absolute atomic E-state index is 14.7. The van der Waals surface area contributed by atoms with Gasteiger partial charge in [-0.1, -0.05) is 37.3 Å². The predicted octanol–water partition coefficient (Wildman–Crippen LogP) is 1.88. The summed E-state index contributed by atoms with van der Waals surface area (Å²) in [6, 6.07) is 2.53. The van der Waals surface area contributed by atoms with Gasteiger partial charge in [-0.2, -0.15) is 11.8 Å². The van der Waals surface area contributed by atoms with Gasteiger partial charge in [-0.05, 0) is 74.8 Å². The average Bonchev–Trinajstić information content (AvgIpc) is 3.83. The number of nitrogens with zero attached hydrogens (tertiary/aromatic N) is 5. The Hall–Kier alpha value is -4.14. The van der Waals surface area contributed by atoms with E-state index in [4.69, 9.17) is 5.73 Å². The largest absolute Gasteiger partial charge is 0.384 e. The second-order valence-electron chi connectivity index (χ2n) is 14.7. The lowest BCUT2D eigenvalue weighted by molar-refractivity contribution is -0.143. The smallest absolute Gasteiger partial charge is 0.287 e. The first-order valence-electron chi connectivity index (χ1n) is 18.1. The highest BCUT2D eigenvalue weighted by atomic mass is 32.2. The molecule has 2 aromatic rings. The standard InChI is InChI=1S/C35H46F2N8O8S2/c1-34(2,51)27-18-39-43-45(27)23-17-26(32(49)42-35(29(46)30(38)47)12-14-54-15-13-35)44(20-23)33(50)25(16-21-6-4-3-5-7-21)41-31(48)22-8-10-24(11-9-22)55(52,53)40-19-28(36)37/h8-11,18,21,23,26,28,40,51H,3-7,12-17,19-20H2,1-2H3,(H2,38,47)(H,42,49)/t23-,26-/m0/s1. The number of carbonyl (C=O) groups is 5. The van der Waals surface area contributed by atoms with Gasteiger partial charge in [-0.3, -0.25) is 24.0 Å². The van der Waals surface area contributed by atoms with Crippen LogP contribution in [0.1, 0.15) is 93.7 Å². The van der Waals surface area contributed by atoms with Crippen molar-refractivity contribution >= 4 is 56.9 Å².